The average Bonchev–Trinajstić information content (AvgIpc) is 2.28. The van der Waals surface area contributed by atoms with Gasteiger partial charge in [0.2, 0.25) is 0 Å². The second kappa shape index (κ2) is 7.20. The van der Waals surface area contributed by atoms with E-state index in [0.717, 1.165) is 26.1 Å². The second-order valence-corrected chi connectivity index (χ2v) is 4.86. The smallest absolute Gasteiger partial charge is 0.315 e. The van der Waals surface area contributed by atoms with Gasteiger partial charge in [-0.25, -0.2) is 4.79 Å². The minimum Gasteiger partial charge on any atom is -0.481 e. The van der Waals surface area contributed by atoms with Gasteiger partial charge in [-0.1, -0.05) is 0 Å². The first-order chi connectivity index (χ1) is 8.49. The highest BCUT2D eigenvalue weighted by Gasteiger charge is 2.22. The maximum atomic E-state index is 11.6. The number of ether oxygens (including phenoxy) is 1. The fourth-order valence-electron chi connectivity index (χ4n) is 2.12. The summed E-state index contributed by atoms with van der Waals surface area (Å²) in [7, 11) is 0. The summed E-state index contributed by atoms with van der Waals surface area (Å²) in [6.45, 7) is 5.13. The molecule has 1 fully saturated rings. The Morgan fingerprint density at radius 1 is 1.28 bits per heavy atom. The highest BCUT2D eigenvalue weighted by atomic mass is 16.5. The van der Waals surface area contributed by atoms with Gasteiger partial charge in [0.1, 0.15) is 0 Å². The van der Waals surface area contributed by atoms with Crippen LogP contribution in [0.3, 0.4) is 0 Å². The molecule has 3 N–H and O–H groups in total. The lowest BCUT2D eigenvalue weighted by atomic mass is 9.93. The summed E-state index contributed by atoms with van der Waals surface area (Å²) in [5, 5.41) is 14.1. The number of urea groups is 1. The number of rotatable bonds is 5. The molecule has 0 aliphatic carbocycles. The van der Waals surface area contributed by atoms with Crippen molar-refractivity contribution < 1.29 is 19.4 Å². The van der Waals surface area contributed by atoms with Crippen molar-refractivity contribution >= 4 is 12.0 Å². The first kappa shape index (κ1) is 14.8. The van der Waals surface area contributed by atoms with Crippen LogP contribution in [-0.4, -0.2) is 42.4 Å². The van der Waals surface area contributed by atoms with Crippen LogP contribution in [0.15, 0.2) is 0 Å². The van der Waals surface area contributed by atoms with Crippen LogP contribution in [0.2, 0.25) is 0 Å². The normalized spacial score (nSPS) is 19.9. The Morgan fingerprint density at radius 3 is 2.44 bits per heavy atom. The molecule has 2 amide bonds. The Balaban J connectivity index is 2.27. The maximum Gasteiger partial charge on any atom is 0.315 e. The van der Waals surface area contributed by atoms with E-state index < -0.39 is 5.97 Å². The van der Waals surface area contributed by atoms with Gasteiger partial charge in [-0.15, -0.1) is 0 Å². The molecule has 6 heteroatoms. The third kappa shape index (κ3) is 5.35. The maximum absolute atomic E-state index is 11.6. The van der Waals surface area contributed by atoms with E-state index in [1.54, 1.807) is 6.92 Å². The van der Waals surface area contributed by atoms with Gasteiger partial charge >= 0.3 is 12.0 Å². The van der Waals surface area contributed by atoms with Gasteiger partial charge in [0, 0.05) is 25.3 Å². The third-order valence-electron chi connectivity index (χ3n) is 3.19. The highest BCUT2D eigenvalue weighted by molar-refractivity contribution is 5.75. The van der Waals surface area contributed by atoms with Crippen LogP contribution in [0.25, 0.3) is 0 Å². The molecule has 0 aromatic carbocycles. The van der Waals surface area contributed by atoms with E-state index in [-0.39, 0.29) is 24.5 Å². The van der Waals surface area contributed by atoms with E-state index in [4.69, 9.17) is 9.84 Å². The monoisotopic (exact) mass is 258 g/mol. The Morgan fingerprint density at radius 2 is 1.89 bits per heavy atom. The SMILES string of the molecule is CC(CC(=O)O)NC(=O)NC(C)C1CCOCC1. The number of hydrogen-bond acceptors (Lipinski definition) is 3. The van der Waals surface area contributed by atoms with Crippen molar-refractivity contribution in [1.82, 2.24) is 10.6 Å². The summed E-state index contributed by atoms with van der Waals surface area (Å²) < 4.78 is 5.27. The minimum atomic E-state index is -0.916. The molecule has 0 radical (unpaired) electrons. The van der Waals surface area contributed by atoms with E-state index in [0.29, 0.717) is 5.92 Å². The van der Waals surface area contributed by atoms with Crippen molar-refractivity contribution in [1.29, 1.82) is 0 Å². The Hall–Kier alpha value is -1.30. The van der Waals surface area contributed by atoms with E-state index in [2.05, 4.69) is 10.6 Å². The Labute approximate surface area is 107 Å². The lowest BCUT2D eigenvalue weighted by Crippen LogP contribution is -2.48. The second-order valence-electron chi connectivity index (χ2n) is 4.86. The largest absolute Gasteiger partial charge is 0.481 e. The molecule has 0 spiro atoms. The summed E-state index contributed by atoms with van der Waals surface area (Å²) in [4.78, 5) is 22.1. The van der Waals surface area contributed by atoms with E-state index in [1.807, 2.05) is 6.92 Å². The van der Waals surface area contributed by atoms with Gasteiger partial charge in [0.15, 0.2) is 0 Å². The van der Waals surface area contributed by atoms with Gasteiger partial charge in [-0.2, -0.15) is 0 Å². The molecule has 0 aromatic heterocycles. The molecule has 0 saturated carbocycles. The summed E-state index contributed by atoms with van der Waals surface area (Å²) in [5.41, 5.74) is 0. The molecule has 1 saturated heterocycles. The molecule has 0 bridgehead atoms. The van der Waals surface area contributed by atoms with Crippen molar-refractivity contribution in [2.75, 3.05) is 13.2 Å². The zero-order chi connectivity index (χ0) is 13.5. The number of aliphatic carboxylic acids is 1. The summed E-state index contributed by atoms with van der Waals surface area (Å²) in [5.74, 6) is -0.487. The van der Waals surface area contributed by atoms with Crippen LogP contribution in [0.4, 0.5) is 4.79 Å². The molecule has 1 rings (SSSR count). The van der Waals surface area contributed by atoms with Crippen molar-refractivity contribution in [2.24, 2.45) is 5.92 Å². The van der Waals surface area contributed by atoms with Crippen molar-refractivity contribution in [3.05, 3.63) is 0 Å². The van der Waals surface area contributed by atoms with E-state index >= 15 is 0 Å². The van der Waals surface area contributed by atoms with Crippen LogP contribution < -0.4 is 10.6 Å². The standard InChI is InChI=1S/C12H22N2O4/c1-8(7-11(15)16)13-12(17)14-9(2)10-3-5-18-6-4-10/h8-10H,3-7H2,1-2H3,(H,15,16)(H2,13,14,17). The first-order valence-electron chi connectivity index (χ1n) is 6.35. The predicted molar refractivity (Wildman–Crippen MR) is 66.4 cm³/mol. The van der Waals surface area contributed by atoms with Gasteiger partial charge in [-0.3, -0.25) is 4.79 Å². The molecular formula is C12H22N2O4. The average molecular weight is 258 g/mol. The van der Waals surface area contributed by atoms with Crippen LogP contribution in [0, 0.1) is 5.92 Å². The zero-order valence-corrected chi connectivity index (χ0v) is 10.9. The van der Waals surface area contributed by atoms with Gasteiger partial charge in [0.25, 0.3) is 0 Å². The molecule has 2 atom stereocenters. The molecule has 104 valence electrons. The molecule has 18 heavy (non-hydrogen) atoms. The summed E-state index contributed by atoms with van der Waals surface area (Å²) >= 11 is 0. The highest BCUT2D eigenvalue weighted by Crippen LogP contribution is 2.18. The first-order valence-corrected chi connectivity index (χ1v) is 6.35. The van der Waals surface area contributed by atoms with E-state index in [1.165, 1.54) is 0 Å². The molecule has 1 aliphatic rings. The van der Waals surface area contributed by atoms with Crippen LogP contribution in [0.1, 0.15) is 33.1 Å². The quantitative estimate of drug-likeness (QED) is 0.685. The Kier molecular flexibility index (Phi) is 5.91. The topological polar surface area (TPSA) is 87.7 Å². The minimum absolute atomic E-state index is 0.0704. The fourth-order valence-corrected chi connectivity index (χ4v) is 2.12. The number of nitrogens with one attached hydrogen (secondary N) is 2. The fraction of sp³-hybridized carbons (Fsp3) is 0.833. The number of hydrogen-bond donors (Lipinski definition) is 3. The summed E-state index contributed by atoms with van der Waals surface area (Å²) in [6, 6.07) is -0.599. The van der Waals surface area contributed by atoms with Crippen LogP contribution in [0.5, 0.6) is 0 Å². The molecule has 6 nitrogen and oxygen atoms in total. The zero-order valence-electron chi connectivity index (χ0n) is 10.9. The number of carboxylic acid groups (broad SMARTS) is 1. The molecule has 0 aromatic rings. The molecule has 1 aliphatic heterocycles. The summed E-state index contributed by atoms with van der Waals surface area (Å²) in [6.07, 6.45) is 1.83. The molecule has 1 heterocycles. The number of carbonyl (C=O) groups is 2. The number of carboxylic acids is 1. The molecular weight excluding hydrogens is 236 g/mol. The van der Waals surface area contributed by atoms with Gasteiger partial charge in [0.05, 0.1) is 6.42 Å². The van der Waals surface area contributed by atoms with E-state index in [9.17, 15) is 9.59 Å². The van der Waals surface area contributed by atoms with Crippen molar-refractivity contribution in [2.45, 2.75) is 45.2 Å². The lowest BCUT2D eigenvalue weighted by molar-refractivity contribution is -0.137. The third-order valence-corrected chi connectivity index (χ3v) is 3.19. The van der Waals surface area contributed by atoms with Crippen LogP contribution >= 0.6 is 0 Å². The van der Waals surface area contributed by atoms with Gasteiger partial charge in [-0.05, 0) is 32.6 Å². The lowest BCUT2D eigenvalue weighted by Gasteiger charge is -2.28. The number of carbonyl (C=O) groups excluding carboxylic acids is 1. The van der Waals surface area contributed by atoms with Crippen molar-refractivity contribution in [3.63, 3.8) is 0 Å². The van der Waals surface area contributed by atoms with Crippen molar-refractivity contribution in [3.8, 4) is 0 Å². The number of amides is 2. The van der Waals surface area contributed by atoms with Crippen LogP contribution in [-0.2, 0) is 9.53 Å². The Bertz CT molecular complexity index is 290. The predicted octanol–water partition coefficient (Wildman–Crippen LogP) is 0.964. The molecule has 2 unspecified atom stereocenters. The van der Waals surface area contributed by atoms with Gasteiger partial charge < -0.3 is 20.5 Å².